The van der Waals surface area contributed by atoms with Crippen molar-refractivity contribution in [3.8, 4) is 0 Å². The Kier molecular flexibility index (Phi) is 4.18. The van der Waals surface area contributed by atoms with E-state index in [4.69, 9.17) is 0 Å². The normalized spacial score (nSPS) is 15.7. The fourth-order valence-electron chi connectivity index (χ4n) is 2.29. The van der Waals surface area contributed by atoms with E-state index in [0.29, 0.717) is 5.56 Å². The number of halogens is 3. The molecule has 110 valence electrons. The molecule has 0 bridgehead atoms. The first-order chi connectivity index (χ1) is 9.26. The molecule has 1 aromatic rings. The highest BCUT2D eigenvalue weighted by Gasteiger charge is 2.38. The van der Waals surface area contributed by atoms with Crippen molar-refractivity contribution in [3.63, 3.8) is 0 Å². The molecule has 2 nitrogen and oxygen atoms in total. The third-order valence-corrected chi connectivity index (χ3v) is 3.49. The average Bonchev–Trinajstić information content (AvgIpc) is 3.13. The summed E-state index contributed by atoms with van der Waals surface area (Å²) in [5.74, 6) is -0.234. The molecule has 0 atom stereocenters. The lowest BCUT2D eigenvalue weighted by atomic mass is 10.0. The second kappa shape index (κ2) is 5.56. The van der Waals surface area contributed by atoms with Crippen LogP contribution in [0.15, 0.2) is 18.2 Å². The molecule has 1 aliphatic carbocycles. The first-order valence-electron chi connectivity index (χ1n) is 6.67. The highest BCUT2D eigenvalue weighted by molar-refractivity contribution is 5.99. The molecule has 20 heavy (non-hydrogen) atoms. The summed E-state index contributed by atoms with van der Waals surface area (Å²) in [6.07, 6.45) is -2.77. The summed E-state index contributed by atoms with van der Waals surface area (Å²) in [6.45, 7) is 2.51. The van der Waals surface area contributed by atoms with Gasteiger partial charge in [-0.3, -0.25) is 9.69 Å². The van der Waals surface area contributed by atoms with Gasteiger partial charge >= 0.3 is 6.18 Å². The van der Waals surface area contributed by atoms with Crippen molar-refractivity contribution in [2.24, 2.45) is 0 Å². The molecule has 5 heteroatoms. The number of nitrogens with zero attached hydrogens (tertiary/aromatic N) is 1. The van der Waals surface area contributed by atoms with Gasteiger partial charge < -0.3 is 0 Å². The molecule has 1 saturated carbocycles. The predicted molar refractivity (Wildman–Crippen MR) is 70.9 cm³/mol. The Bertz CT molecular complexity index is 506. The number of benzene rings is 1. The summed E-state index contributed by atoms with van der Waals surface area (Å²) < 4.78 is 37.6. The summed E-state index contributed by atoms with van der Waals surface area (Å²) in [7, 11) is 0. The molecular weight excluding hydrogens is 267 g/mol. The summed E-state index contributed by atoms with van der Waals surface area (Å²) in [5.41, 5.74) is 2.27. The minimum atomic E-state index is -4.26. The standard InChI is InChI=1S/C15H18F3NO/c1-10-3-4-11(2)13(7-10)14(20)8-19(12-5-6-12)9-15(16,17)18/h3-4,7,12H,5-6,8-9H2,1-2H3. The lowest BCUT2D eigenvalue weighted by Crippen LogP contribution is -2.39. The maximum absolute atomic E-state index is 12.5. The maximum atomic E-state index is 12.5. The molecule has 0 saturated heterocycles. The lowest BCUT2D eigenvalue weighted by Gasteiger charge is -2.22. The van der Waals surface area contributed by atoms with E-state index in [9.17, 15) is 18.0 Å². The van der Waals surface area contributed by atoms with Crippen molar-refractivity contribution in [2.45, 2.75) is 38.9 Å². The monoisotopic (exact) mass is 285 g/mol. The quantitative estimate of drug-likeness (QED) is 0.772. The molecule has 1 aliphatic rings. The van der Waals surface area contributed by atoms with Crippen molar-refractivity contribution in [1.29, 1.82) is 0 Å². The zero-order valence-corrected chi connectivity index (χ0v) is 11.6. The summed E-state index contributed by atoms with van der Waals surface area (Å²) in [4.78, 5) is 13.5. The van der Waals surface area contributed by atoms with Gasteiger partial charge in [0.2, 0.25) is 0 Å². The van der Waals surface area contributed by atoms with Crippen molar-refractivity contribution >= 4 is 5.78 Å². The van der Waals surface area contributed by atoms with E-state index in [1.54, 1.807) is 13.0 Å². The number of aryl methyl sites for hydroxylation is 2. The fourth-order valence-corrected chi connectivity index (χ4v) is 2.29. The van der Waals surface area contributed by atoms with E-state index in [-0.39, 0.29) is 18.4 Å². The molecule has 0 N–H and O–H groups in total. The molecule has 0 radical (unpaired) electrons. The van der Waals surface area contributed by atoms with Gasteiger partial charge in [-0.25, -0.2) is 0 Å². The van der Waals surface area contributed by atoms with Crippen molar-refractivity contribution < 1.29 is 18.0 Å². The van der Waals surface area contributed by atoms with Gasteiger partial charge in [0.15, 0.2) is 5.78 Å². The zero-order valence-electron chi connectivity index (χ0n) is 11.6. The van der Waals surface area contributed by atoms with Crippen molar-refractivity contribution in [1.82, 2.24) is 4.90 Å². The molecule has 0 amide bonds. The molecule has 0 aliphatic heterocycles. The molecule has 0 aromatic heterocycles. The minimum Gasteiger partial charge on any atom is -0.293 e. The number of carbonyl (C=O) groups is 1. The first kappa shape index (κ1) is 15.0. The van der Waals surface area contributed by atoms with Crippen LogP contribution >= 0.6 is 0 Å². The van der Waals surface area contributed by atoms with Gasteiger partial charge in [-0.1, -0.05) is 17.7 Å². The molecule has 1 fully saturated rings. The Morgan fingerprint density at radius 3 is 2.50 bits per heavy atom. The fraction of sp³-hybridized carbons (Fsp3) is 0.533. The third kappa shape index (κ3) is 4.07. The van der Waals surface area contributed by atoms with Gasteiger partial charge in [0.1, 0.15) is 0 Å². The summed E-state index contributed by atoms with van der Waals surface area (Å²) >= 11 is 0. The number of ketones is 1. The molecule has 0 heterocycles. The van der Waals surface area contributed by atoms with Crippen LogP contribution < -0.4 is 0 Å². The third-order valence-electron chi connectivity index (χ3n) is 3.49. The number of Topliss-reactive ketones (excluding diaryl/α,β-unsaturated/α-hetero) is 1. The second-order valence-corrected chi connectivity index (χ2v) is 5.49. The van der Waals surface area contributed by atoms with Crippen LogP contribution in [0.4, 0.5) is 13.2 Å². The van der Waals surface area contributed by atoms with Crippen molar-refractivity contribution in [2.75, 3.05) is 13.1 Å². The Hall–Kier alpha value is -1.36. The topological polar surface area (TPSA) is 20.3 Å². The number of rotatable bonds is 5. The Labute approximate surface area is 116 Å². The number of alkyl halides is 3. The summed E-state index contributed by atoms with van der Waals surface area (Å²) in [6, 6.07) is 5.37. The van der Waals surface area contributed by atoms with Crippen LogP contribution in [0.2, 0.25) is 0 Å². The zero-order chi connectivity index (χ0) is 14.9. The SMILES string of the molecule is Cc1ccc(C)c(C(=O)CN(CC(F)(F)F)C2CC2)c1. The lowest BCUT2D eigenvalue weighted by molar-refractivity contribution is -0.145. The van der Waals surface area contributed by atoms with E-state index >= 15 is 0 Å². The highest BCUT2D eigenvalue weighted by Crippen LogP contribution is 2.30. The second-order valence-electron chi connectivity index (χ2n) is 5.49. The van der Waals surface area contributed by atoms with Crippen LogP contribution in [0.1, 0.15) is 34.3 Å². The molecule has 0 spiro atoms. The van der Waals surface area contributed by atoms with Crippen LogP contribution in [0.25, 0.3) is 0 Å². The van der Waals surface area contributed by atoms with Gasteiger partial charge in [-0.15, -0.1) is 0 Å². The summed E-state index contributed by atoms with van der Waals surface area (Å²) in [5, 5.41) is 0. The van der Waals surface area contributed by atoms with Crippen molar-refractivity contribution in [3.05, 3.63) is 34.9 Å². The largest absolute Gasteiger partial charge is 0.401 e. The number of hydrogen-bond acceptors (Lipinski definition) is 2. The molecule has 0 unspecified atom stereocenters. The molecule has 1 aromatic carbocycles. The van der Waals surface area contributed by atoms with E-state index < -0.39 is 12.7 Å². The van der Waals surface area contributed by atoms with Gasteiger partial charge in [0.25, 0.3) is 0 Å². The van der Waals surface area contributed by atoms with E-state index in [1.807, 2.05) is 19.1 Å². The smallest absolute Gasteiger partial charge is 0.293 e. The Morgan fingerprint density at radius 1 is 1.30 bits per heavy atom. The van der Waals surface area contributed by atoms with Gasteiger partial charge in [0, 0.05) is 11.6 Å². The van der Waals surface area contributed by atoms with Crippen LogP contribution in [0.3, 0.4) is 0 Å². The van der Waals surface area contributed by atoms with Crippen LogP contribution in [-0.2, 0) is 0 Å². The first-order valence-corrected chi connectivity index (χ1v) is 6.67. The van der Waals surface area contributed by atoms with E-state index in [0.717, 1.165) is 24.0 Å². The Morgan fingerprint density at radius 2 is 1.95 bits per heavy atom. The van der Waals surface area contributed by atoms with Crippen LogP contribution in [-0.4, -0.2) is 36.0 Å². The number of carbonyl (C=O) groups excluding carboxylic acids is 1. The molecule has 2 rings (SSSR count). The Balaban J connectivity index is 2.10. The van der Waals surface area contributed by atoms with Gasteiger partial charge in [-0.2, -0.15) is 13.2 Å². The minimum absolute atomic E-state index is 0.0920. The number of hydrogen-bond donors (Lipinski definition) is 0. The van der Waals surface area contributed by atoms with E-state index in [2.05, 4.69) is 0 Å². The van der Waals surface area contributed by atoms with E-state index in [1.165, 1.54) is 4.90 Å². The van der Waals surface area contributed by atoms with Crippen LogP contribution in [0, 0.1) is 13.8 Å². The van der Waals surface area contributed by atoms with Gasteiger partial charge in [-0.05, 0) is 38.3 Å². The highest BCUT2D eigenvalue weighted by atomic mass is 19.4. The maximum Gasteiger partial charge on any atom is 0.401 e. The van der Waals surface area contributed by atoms with Crippen LogP contribution in [0.5, 0.6) is 0 Å². The molecular formula is C15H18F3NO. The van der Waals surface area contributed by atoms with Gasteiger partial charge in [0.05, 0.1) is 13.1 Å². The average molecular weight is 285 g/mol. The predicted octanol–water partition coefficient (Wildman–Crippen LogP) is 3.51.